The van der Waals surface area contributed by atoms with Crippen molar-refractivity contribution in [1.29, 1.82) is 0 Å². The predicted molar refractivity (Wildman–Crippen MR) is 140 cm³/mol. The van der Waals surface area contributed by atoms with E-state index < -0.39 is 20.0 Å². The van der Waals surface area contributed by atoms with E-state index in [0.29, 0.717) is 21.8 Å². The lowest BCUT2D eigenvalue weighted by Crippen LogP contribution is -2.21. The summed E-state index contributed by atoms with van der Waals surface area (Å²) in [6, 6.07) is 9.50. The van der Waals surface area contributed by atoms with Crippen molar-refractivity contribution in [1.82, 2.24) is 19.4 Å². The summed E-state index contributed by atoms with van der Waals surface area (Å²) >= 11 is 0. The highest BCUT2D eigenvalue weighted by atomic mass is 32.2. The van der Waals surface area contributed by atoms with Crippen molar-refractivity contribution in [3.63, 3.8) is 0 Å². The topological polar surface area (TPSA) is 155 Å². The van der Waals surface area contributed by atoms with Crippen LogP contribution in [0, 0.1) is 0 Å². The number of ether oxygens (including phenoxy) is 4. The molecule has 0 bridgehead atoms. The van der Waals surface area contributed by atoms with Crippen LogP contribution in [0.15, 0.2) is 58.6 Å². The fourth-order valence-electron chi connectivity index (χ4n) is 3.97. The van der Waals surface area contributed by atoms with E-state index >= 15 is 0 Å². The van der Waals surface area contributed by atoms with Crippen molar-refractivity contribution < 1.29 is 35.8 Å². The minimum absolute atomic E-state index is 0.124. The van der Waals surface area contributed by atoms with Gasteiger partial charge >= 0.3 is 0 Å². The lowest BCUT2D eigenvalue weighted by atomic mass is 9.96. The maximum absolute atomic E-state index is 13.2. The van der Waals surface area contributed by atoms with Gasteiger partial charge in [0.05, 0.1) is 22.2 Å². The molecule has 4 aromatic rings. The van der Waals surface area contributed by atoms with Gasteiger partial charge in [-0.3, -0.25) is 9.97 Å². The number of methoxy groups -OCH3 is 2. The van der Waals surface area contributed by atoms with Crippen molar-refractivity contribution >= 4 is 41.9 Å². The number of rotatable bonds is 11. The third-order valence-corrected chi connectivity index (χ3v) is 8.47. The molecule has 202 valence electrons. The van der Waals surface area contributed by atoms with Gasteiger partial charge in [-0.15, -0.1) is 0 Å². The highest BCUT2D eigenvalue weighted by molar-refractivity contribution is 7.90. The molecule has 14 heteroatoms. The molecule has 2 aromatic carbocycles. The Morgan fingerprint density at radius 2 is 1.11 bits per heavy atom. The number of fused-ring (bicyclic) bond motifs is 2. The summed E-state index contributed by atoms with van der Waals surface area (Å²) in [5.74, 6) is -0.249. The second kappa shape index (κ2) is 11.1. The Labute approximate surface area is 220 Å². The standard InChI is InChI=1S/C24H26N4O8S2/c1-25-37(29,30)17-11-15-7-5-9-27-21(15)19(23(17)35-13-33-3)20-22-16(8-6-10-28-22)12-18(38(31,32)26-2)24(20)36-14-34-4/h5-12,25-26H,13-14H2,1-4H3. The first kappa shape index (κ1) is 27.6. The minimum Gasteiger partial charge on any atom is -0.465 e. The van der Waals surface area contributed by atoms with Gasteiger partial charge in [0.15, 0.2) is 25.1 Å². The fraction of sp³-hybridized carbons (Fsp3) is 0.250. The molecule has 0 unspecified atom stereocenters. The quantitative estimate of drug-likeness (QED) is 0.260. The predicted octanol–water partition coefficient (Wildman–Crippen LogP) is 2.23. The normalized spacial score (nSPS) is 12.2. The van der Waals surface area contributed by atoms with Gasteiger partial charge in [0.1, 0.15) is 9.79 Å². The van der Waals surface area contributed by atoms with Gasteiger partial charge in [-0.2, -0.15) is 0 Å². The summed E-state index contributed by atoms with van der Waals surface area (Å²) in [6.07, 6.45) is 3.05. The van der Waals surface area contributed by atoms with Crippen LogP contribution in [0.25, 0.3) is 32.9 Å². The third kappa shape index (κ3) is 5.01. The molecule has 2 heterocycles. The molecule has 0 aliphatic heterocycles. The molecule has 4 rings (SSSR count). The number of benzene rings is 2. The van der Waals surface area contributed by atoms with Crippen LogP contribution in [0.1, 0.15) is 0 Å². The molecule has 0 spiro atoms. The van der Waals surface area contributed by atoms with E-state index in [0.717, 1.165) is 0 Å². The Bertz CT molecular complexity index is 1580. The van der Waals surface area contributed by atoms with Crippen LogP contribution in [0.4, 0.5) is 0 Å². The average molecular weight is 563 g/mol. The van der Waals surface area contributed by atoms with Crippen LogP contribution in [0.5, 0.6) is 11.5 Å². The van der Waals surface area contributed by atoms with Crippen LogP contribution >= 0.6 is 0 Å². The van der Waals surface area contributed by atoms with Crippen LogP contribution < -0.4 is 18.9 Å². The first-order chi connectivity index (χ1) is 18.2. The van der Waals surface area contributed by atoms with Gasteiger partial charge in [-0.05, 0) is 38.4 Å². The first-order valence-electron chi connectivity index (χ1n) is 11.1. The van der Waals surface area contributed by atoms with Crippen molar-refractivity contribution in [3.05, 3.63) is 48.8 Å². The smallest absolute Gasteiger partial charge is 0.244 e. The molecular formula is C24H26N4O8S2. The third-order valence-electron chi connectivity index (χ3n) is 5.64. The maximum Gasteiger partial charge on any atom is 0.244 e. The van der Waals surface area contributed by atoms with Crippen molar-refractivity contribution in [2.45, 2.75) is 9.79 Å². The molecule has 2 N–H and O–H groups in total. The van der Waals surface area contributed by atoms with E-state index in [1.807, 2.05) is 0 Å². The summed E-state index contributed by atoms with van der Waals surface area (Å²) in [6.45, 7) is -0.628. The van der Waals surface area contributed by atoms with Crippen LogP contribution in [0.3, 0.4) is 0 Å². The van der Waals surface area contributed by atoms with E-state index in [2.05, 4.69) is 19.4 Å². The van der Waals surface area contributed by atoms with Crippen molar-refractivity contribution in [2.75, 3.05) is 41.9 Å². The summed E-state index contributed by atoms with van der Waals surface area (Å²) in [7, 11) is -2.85. The zero-order valence-corrected chi connectivity index (χ0v) is 22.6. The largest absolute Gasteiger partial charge is 0.465 e. The van der Waals surface area contributed by atoms with E-state index in [-0.39, 0.29) is 46.0 Å². The van der Waals surface area contributed by atoms with Crippen molar-refractivity contribution in [3.8, 4) is 22.6 Å². The van der Waals surface area contributed by atoms with Crippen LogP contribution in [-0.4, -0.2) is 68.7 Å². The molecule has 38 heavy (non-hydrogen) atoms. The monoisotopic (exact) mass is 562 g/mol. The van der Waals surface area contributed by atoms with E-state index in [1.165, 1.54) is 52.8 Å². The molecule has 2 aromatic heterocycles. The second-order valence-corrected chi connectivity index (χ2v) is 11.5. The first-order valence-corrected chi connectivity index (χ1v) is 14.1. The maximum atomic E-state index is 13.2. The van der Waals surface area contributed by atoms with Gasteiger partial charge in [0.2, 0.25) is 20.0 Å². The number of hydrogen-bond donors (Lipinski definition) is 2. The number of sulfonamides is 2. The Hall–Kier alpha value is -3.40. The zero-order chi connectivity index (χ0) is 27.5. The lowest BCUT2D eigenvalue weighted by Gasteiger charge is -2.22. The van der Waals surface area contributed by atoms with Gasteiger partial charge in [0.25, 0.3) is 0 Å². The van der Waals surface area contributed by atoms with E-state index in [1.54, 1.807) is 24.3 Å². The molecule has 0 fully saturated rings. The number of nitrogens with zero attached hydrogens (tertiary/aromatic N) is 2. The number of nitrogens with one attached hydrogen (secondary N) is 2. The fourth-order valence-corrected chi connectivity index (χ4v) is 5.78. The second-order valence-electron chi connectivity index (χ2n) is 7.82. The highest BCUT2D eigenvalue weighted by Gasteiger charge is 2.32. The molecule has 0 saturated carbocycles. The van der Waals surface area contributed by atoms with Crippen LogP contribution in [0.2, 0.25) is 0 Å². The number of pyridine rings is 2. The van der Waals surface area contributed by atoms with Gasteiger partial charge in [0, 0.05) is 37.4 Å². The lowest BCUT2D eigenvalue weighted by molar-refractivity contribution is 0.0480. The molecule has 0 aliphatic carbocycles. The van der Waals surface area contributed by atoms with Gasteiger partial charge < -0.3 is 18.9 Å². The molecule has 0 amide bonds. The van der Waals surface area contributed by atoms with Gasteiger partial charge in [-0.1, -0.05) is 12.1 Å². The average Bonchev–Trinajstić information content (AvgIpc) is 2.93. The zero-order valence-electron chi connectivity index (χ0n) is 21.0. The molecule has 0 aliphatic rings. The summed E-state index contributed by atoms with van der Waals surface area (Å²) in [5, 5.41) is 0.898. The summed E-state index contributed by atoms with van der Waals surface area (Å²) in [5.41, 5.74) is 0.942. The van der Waals surface area contributed by atoms with E-state index in [9.17, 15) is 16.8 Å². The Morgan fingerprint density at radius 1 is 0.711 bits per heavy atom. The summed E-state index contributed by atoms with van der Waals surface area (Å²) in [4.78, 5) is 8.58. The van der Waals surface area contributed by atoms with Crippen LogP contribution in [-0.2, 0) is 29.5 Å². The molecule has 12 nitrogen and oxygen atoms in total. The molecular weight excluding hydrogens is 536 g/mol. The van der Waals surface area contributed by atoms with Gasteiger partial charge in [-0.25, -0.2) is 26.3 Å². The Morgan fingerprint density at radius 3 is 1.45 bits per heavy atom. The SMILES string of the molecule is CNS(=O)(=O)c1cc2cccnc2c(-c2c(OCOC)c(S(=O)(=O)NC)cc3cccnc23)c1OCOC. The number of hydrogen-bond acceptors (Lipinski definition) is 10. The number of aromatic nitrogens is 2. The highest BCUT2D eigenvalue weighted by Crippen LogP contribution is 2.49. The van der Waals surface area contributed by atoms with Crippen molar-refractivity contribution in [2.24, 2.45) is 0 Å². The molecule has 0 radical (unpaired) electrons. The molecule has 0 atom stereocenters. The van der Waals surface area contributed by atoms with E-state index in [4.69, 9.17) is 18.9 Å². The summed E-state index contributed by atoms with van der Waals surface area (Å²) < 4.78 is 79.3. The Kier molecular flexibility index (Phi) is 8.10. The molecule has 0 saturated heterocycles. The minimum atomic E-state index is -4.08. The Balaban J connectivity index is 2.33.